The molecule has 2 fully saturated rings. The summed E-state index contributed by atoms with van der Waals surface area (Å²) < 4.78 is 15.7. The maximum absolute atomic E-state index is 14.3. The Hall–Kier alpha value is -3.37. The van der Waals surface area contributed by atoms with Crippen LogP contribution in [0.25, 0.3) is 0 Å². The summed E-state index contributed by atoms with van der Waals surface area (Å²) in [4.78, 5) is 36.4. The zero-order valence-electron chi connectivity index (χ0n) is 14.7. The number of nitrogens with zero attached hydrogens (tertiary/aromatic N) is 5. The number of rotatable bonds is 1. The summed E-state index contributed by atoms with van der Waals surface area (Å²) in [7, 11) is 0. The van der Waals surface area contributed by atoms with Crippen molar-refractivity contribution in [2.45, 2.75) is 13.0 Å². The van der Waals surface area contributed by atoms with E-state index < -0.39 is 17.6 Å². The number of amides is 2. The molecular formula is C17H17FN8O2. The number of carbonyl (C=O) groups is 2. The fraction of sp³-hybridized carbons (Fsp3) is 0.412. The van der Waals surface area contributed by atoms with Crippen LogP contribution in [0.3, 0.4) is 0 Å². The molecule has 0 spiro atoms. The van der Waals surface area contributed by atoms with Crippen molar-refractivity contribution in [2.24, 2.45) is 34.4 Å². The molecule has 2 aliphatic carbocycles. The number of carbonyl (C=O) groups excluding carboxylic acids is 2. The van der Waals surface area contributed by atoms with E-state index in [0.29, 0.717) is 17.9 Å². The number of hydrogen-bond donors (Lipinski definition) is 3. The number of hydrogen-bond acceptors (Lipinski definition) is 7. The smallest absolute Gasteiger partial charge is 0.241 e. The maximum Gasteiger partial charge on any atom is 0.241 e. The minimum absolute atomic E-state index is 0.00980. The van der Waals surface area contributed by atoms with E-state index in [1.165, 1.54) is 10.9 Å². The minimum atomic E-state index is -0.686. The first-order valence-electron chi connectivity index (χ1n) is 8.96. The Morgan fingerprint density at radius 3 is 3.04 bits per heavy atom. The predicted octanol–water partition coefficient (Wildman–Crippen LogP) is 0.125. The molecular weight excluding hydrogens is 367 g/mol. The van der Waals surface area contributed by atoms with Crippen LogP contribution in [0, 0.1) is 29.5 Å². The Balaban J connectivity index is 1.55. The summed E-state index contributed by atoms with van der Waals surface area (Å²) in [6.07, 6.45) is 4.93. The van der Waals surface area contributed by atoms with Crippen LogP contribution < -0.4 is 16.4 Å². The van der Waals surface area contributed by atoms with Crippen LogP contribution in [0.4, 0.5) is 21.8 Å². The third-order valence-corrected chi connectivity index (χ3v) is 5.66. The van der Waals surface area contributed by atoms with Crippen LogP contribution in [0.15, 0.2) is 23.6 Å². The van der Waals surface area contributed by atoms with Gasteiger partial charge in [0.2, 0.25) is 17.8 Å². The fourth-order valence-electron chi connectivity index (χ4n) is 4.33. The number of aromatic nitrogens is 4. The van der Waals surface area contributed by atoms with E-state index in [0.717, 1.165) is 12.6 Å². The summed E-state index contributed by atoms with van der Waals surface area (Å²) in [5, 5.41) is 9.91. The zero-order chi connectivity index (χ0) is 19.4. The molecule has 4 N–H and O–H groups in total. The molecule has 11 heteroatoms. The molecule has 2 unspecified atom stereocenters. The second-order valence-corrected chi connectivity index (χ2v) is 7.32. The minimum Gasteiger partial charge on any atom is -0.369 e. The van der Waals surface area contributed by atoms with Gasteiger partial charge in [-0.3, -0.25) is 14.3 Å². The van der Waals surface area contributed by atoms with Gasteiger partial charge >= 0.3 is 0 Å². The van der Waals surface area contributed by atoms with Crippen LogP contribution in [-0.2, 0) is 16.1 Å². The SMILES string of the molecule is NC(=O)[C@@H]1C2=Nc3nc(ncc3F)Nc3cnn(c3)CC(=O)NCC3CC1[C@@H]23. The van der Waals surface area contributed by atoms with Gasteiger partial charge in [-0.15, -0.1) is 0 Å². The van der Waals surface area contributed by atoms with E-state index in [1.54, 1.807) is 6.20 Å². The van der Waals surface area contributed by atoms with Crippen LogP contribution >= 0.6 is 0 Å². The van der Waals surface area contributed by atoms with Crippen molar-refractivity contribution >= 4 is 35.0 Å². The number of fused-ring (bicyclic) bond motifs is 4. The summed E-state index contributed by atoms with van der Waals surface area (Å²) in [6.45, 7) is 0.525. The summed E-state index contributed by atoms with van der Waals surface area (Å²) in [6, 6.07) is 0. The Bertz CT molecular complexity index is 1020. The Morgan fingerprint density at radius 1 is 1.36 bits per heavy atom. The van der Waals surface area contributed by atoms with Crippen LogP contribution in [-0.4, -0.2) is 43.8 Å². The lowest BCUT2D eigenvalue weighted by Crippen LogP contribution is -2.65. The van der Waals surface area contributed by atoms with E-state index >= 15 is 0 Å². The van der Waals surface area contributed by atoms with Gasteiger partial charge in [0.15, 0.2) is 11.6 Å². The molecule has 2 aromatic heterocycles. The highest BCUT2D eigenvalue weighted by molar-refractivity contribution is 6.11. The van der Waals surface area contributed by atoms with Crippen molar-refractivity contribution in [3.63, 3.8) is 0 Å². The van der Waals surface area contributed by atoms with Gasteiger partial charge in [-0.05, 0) is 18.3 Å². The van der Waals surface area contributed by atoms with Gasteiger partial charge in [-0.1, -0.05) is 0 Å². The third-order valence-electron chi connectivity index (χ3n) is 5.66. The molecule has 4 atom stereocenters. The third kappa shape index (κ3) is 2.62. The highest BCUT2D eigenvalue weighted by Crippen LogP contribution is 2.56. The first-order chi connectivity index (χ1) is 13.5. The van der Waals surface area contributed by atoms with E-state index in [9.17, 15) is 14.0 Å². The predicted molar refractivity (Wildman–Crippen MR) is 95.4 cm³/mol. The van der Waals surface area contributed by atoms with E-state index in [4.69, 9.17) is 5.73 Å². The van der Waals surface area contributed by atoms with Gasteiger partial charge in [0, 0.05) is 24.4 Å². The zero-order valence-corrected chi connectivity index (χ0v) is 14.7. The van der Waals surface area contributed by atoms with Gasteiger partial charge in [0.1, 0.15) is 6.54 Å². The molecule has 2 saturated carbocycles. The van der Waals surface area contributed by atoms with Gasteiger partial charge in [-0.25, -0.2) is 14.4 Å². The monoisotopic (exact) mass is 384 g/mol. The highest BCUT2D eigenvalue weighted by Gasteiger charge is 2.60. The lowest BCUT2D eigenvalue weighted by atomic mass is 9.46. The molecule has 1 aliphatic heterocycles. The first kappa shape index (κ1) is 16.8. The molecule has 2 amide bonds. The Kier molecular flexibility index (Phi) is 3.64. The maximum atomic E-state index is 14.3. The Morgan fingerprint density at radius 2 is 2.21 bits per heavy atom. The summed E-state index contributed by atoms with van der Waals surface area (Å²) >= 11 is 0. The van der Waals surface area contributed by atoms with Gasteiger partial charge < -0.3 is 16.4 Å². The molecule has 144 valence electrons. The second kappa shape index (κ2) is 6.08. The molecule has 0 aromatic carbocycles. The largest absolute Gasteiger partial charge is 0.369 e. The van der Waals surface area contributed by atoms with E-state index in [2.05, 4.69) is 30.7 Å². The molecule has 3 aliphatic rings. The number of primary amides is 1. The molecule has 28 heavy (non-hydrogen) atoms. The molecule has 5 rings (SSSR count). The molecule has 3 heterocycles. The van der Waals surface area contributed by atoms with Crippen molar-refractivity contribution in [1.82, 2.24) is 25.1 Å². The quantitative estimate of drug-likeness (QED) is 0.638. The van der Waals surface area contributed by atoms with Crippen molar-refractivity contribution in [3.8, 4) is 0 Å². The molecule has 10 nitrogen and oxygen atoms in total. The van der Waals surface area contributed by atoms with Gasteiger partial charge in [0.05, 0.1) is 24.0 Å². The van der Waals surface area contributed by atoms with Gasteiger partial charge in [-0.2, -0.15) is 10.1 Å². The van der Waals surface area contributed by atoms with Crippen molar-refractivity contribution in [2.75, 3.05) is 11.9 Å². The molecule has 4 bridgehead atoms. The van der Waals surface area contributed by atoms with Crippen molar-refractivity contribution < 1.29 is 14.0 Å². The normalized spacial score (nSPS) is 28.2. The van der Waals surface area contributed by atoms with Crippen LogP contribution in [0.5, 0.6) is 0 Å². The molecule has 0 radical (unpaired) electrons. The average molecular weight is 384 g/mol. The lowest BCUT2D eigenvalue weighted by molar-refractivity contribution is -0.128. The average Bonchev–Trinajstić information content (AvgIpc) is 3.05. The molecule has 0 saturated heterocycles. The topological polar surface area (TPSA) is 140 Å². The molecule has 2 aromatic rings. The van der Waals surface area contributed by atoms with Crippen molar-refractivity contribution in [3.05, 3.63) is 24.4 Å². The van der Waals surface area contributed by atoms with E-state index in [-0.39, 0.29) is 42.0 Å². The summed E-state index contributed by atoms with van der Waals surface area (Å²) in [5.74, 6) is -1.65. The summed E-state index contributed by atoms with van der Waals surface area (Å²) in [5.41, 5.74) is 6.61. The number of halogens is 1. The van der Waals surface area contributed by atoms with Crippen LogP contribution in [0.1, 0.15) is 6.42 Å². The highest BCUT2D eigenvalue weighted by atomic mass is 19.1. The number of anilines is 2. The standard InChI is InChI=1S/C17H17FN8O2/c18-10-4-21-17-23-8-3-22-26(5-8)6-11(27)20-2-7-1-9-12(7)14(13(9)15(19)28)24-16(10)25-17/h3-5,7,9,12-13H,1-2,6H2,(H2,19,28)(H,20,27)(H,21,23,25)/t7?,9?,12-,13-/m0/s1. The lowest BCUT2D eigenvalue weighted by Gasteiger charge is -2.57. The van der Waals surface area contributed by atoms with Gasteiger partial charge in [0.25, 0.3) is 0 Å². The second-order valence-electron chi connectivity index (χ2n) is 7.32. The number of aliphatic imine (C=N–C) groups is 1. The Labute approximate surface area is 158 Å². The number of nitrogens with one attached hydrogen (secondary N) is 2. The first-order valence-corrected chi connectivity index (χ1v) is 8.96. The van der Waals surface area contributed by atoms with Crippen LogP contribution in [0.2, 0.25) is 0 Å². The fourth-order valence-corrected chi connectivity index (χ4v) is 4.33. The van der Waals surface area contributed by atoms with E-state index in [1.807, 2.05) is 0 Å². The number of nitrogens with two attached hydrogens (primary N) is 1. The van der Waals surface area contributed by atoms with Crippen molar-refractivity contribution in [1.29, 1.82) is 0 Å².